The van der Waals surface area contributed by atoms with Gasteiger partial charge in [-0.1, -0.05) is 12.1 Å². The Kier molecular flexibility index (Phi) is 5.41. The fraction of sp³-hybridized carbons (Fsp3) is 0.238. The molecule has 28 heavy (non-hydrogen) atoms. The van der Waals surface area contributed by atoms with Gasteiger partial charge in [0, 0.05) is 32.0 Å². The Morgan fingerprint density at radius 1 is 1.18 bits per heavy atom. The first kappa shape index (κ1) is 19.1. The molecule has 2 aromatic heterocycles. The van der Waals surface area contributed by atoms with Crippen LogP contribution in [0.15, 0.2) is 48.4 Å². The van der Waals surface area contributed by atoms with Gasteiger partial charge in [0.2, 0.25) is 0 Å². The van der Waals surface area contributed by atoms with Gasteiger partial charge in [0.1, 0.15) is 29.4 Å². The fourth-order valence-electron chi connectivity index (χ4n) is 3.00. The van der Waals surface area contributed by atoms with Gasteiger partial charge in [-0.25, -0.2) is 9.97 Å². The van der Waals surface area contributed by atoms with Gasteiger partial charge in [-0.3, -0.25) is 4.79 Å². The fourth-order valence-corrected chi connectivity index (χ4v) is 3.00. The van der Waals surface area contributed by atoms with E-state index >= 15 is 0 Å². The number of aromatic nitrogens is 3. The molecular formula is C21H22N6O. The minimum Gasteiger partial charge on any atom is -0.346 e. The molecule has 1 N–H and O–H groups in total. The van der Waals surface area contributed by atoms with Crippen molar-refractivity contribution in [3.63, 3.8) is 0 Å². The summed E-state index contributed by atoms with van der Waals surface area (Å²) in [7, 11) is 3.25. The van der Waals surface area contributed by atoms with Crippen molar-refractivity contribution >= 4 is 34.5 Å². The standard InChI is InChI=1S/C21H22N6O/c1-14(2)27(20-18-9-10-23-19(18)24-13-25-20)17-7-5-15(6-8-17)11-16(12-22)21(28)26(3)4/h5-11,13-14H,1-4H3,(H,23,24,25)/b16-11-. The van der Waals surface area contributed by atoms with Crippen LogP contribution in [0, 0.1) is 11.3 Å². The Hall–Kier alpha value is -3.66. The minimum atomic E-state index is -0.314. The molecule has 0 saturated carbocycles. The van der Waals surface area contributed by atoms with E-state index in [1.807, 2.05) is 42.6 Å². The average molecular weight is 374 g/mol. The van der Waals surface area contributed by atoms with Gasteiger partial charge in [0.15, 0.2) is 0 Å². The molecule has 0 radical (unpaired) electrons. The highest BCUT2D eigenvalue weighted by Gasteiger charge is 2.18. The smallest absolute Gasteiger partial charge is 0.264 e. The number of fused-ring (bicyclic) bond motifs is 1. The first-order chi connectivity index (χ1) is 13.4. The van der Waals surface area contributed by atoms with E-state index in [4.69, 9.17) is 0 Å². The number of carbonyl (C=O) groups is 1. The van der Waals surface area contributed by atoms with Crippen LogP contribution in [0.5, 0.6) is 0 Å². The topological polar surface area (TPSA) is 88.9 Å². The van der Waals surface area contributed by atoms with Crippen molar-refractivity contribution in [2.24, 2.45) is 0 Å². The normalized spacial score (nSPS) is 11.5. The van der Waals surface area contributed by atoms with Crippen LogP contribution >= 0.6 is 0 Å². The van der Waals surface area contributed by atoms with Gasteiger partial charge in [-0.15, -0.1) is 0 Å². The predicted molar refractivity (Wildman–Crippen MR) is 110 cm³/mol. The summed E-state index contributed by atoms with van der Waals surface area (Å²) in [6.07, 6.45) is 4.99. The Morgan fingerprint density at radius 2 is 1.89 bits per heavy atom. The first-order valence-corrected chi connectivity index (χ1v) is 8.93. The second kappa shape index (κ2) is 7.92. The van der Waals surface area contributed by atoms with Crippen molar-refractivity contribution in [3.8, 4) is 6.07 Å². The number of nitrogens with zero attached hydrogens (tertiary/aromatic N) is 5. The van der Waals surface area contributed by atoms with Crippen LogP contribution in [-0.2, 0) is 4.79 Å². The van der Waals surface area contributed by atoms with E-state index in [-0.39, 0.29) is 17.5 Å². The molecule has 0 bridgehead atoms. The third-order valence-electron chi connectivity index (χ3n) is 4.32. The van der Waals surface area contributed by atoms with E-state index in [0.717, 1.165) is 28.1 Å². The zero-order valence-electron chi connectivity index (χ0n) is 16.3. The number of likely N-dealkylation sites (N-methyl/N-ethyl adjacent to an activating group) is 1. The van der Waals surface area contributed by atoms with E-state index < -0.39 is 0 Å². The molecule has 3 rings (SSSR count). The maximum atomic E-state index is 12.0. The molecule has 2 heterocycles. The third-order valence-corrected chi connectivity index (χ3v) is 4.32. The first-order valence-electron chi connectivity index (χ1n) is 8.93. The molecule has 1 amide bonds. The lowest BCUT2D eigenvalue weighted by molar-refractivity contribution is -0.124. The number of hydrogen-bond acceptors (Lipinski definition) is 5. The Morgan fingerprint density at radius 3 is 2.50 bits per heavy atom. The molecule has 0 atom stereocenters. The number of nitrogens with one attached hydrogen (secondary N) is 1. The number of aromatic amines is 1. The summed E-state index contributed by atoms with van der Waals surface area (Å²) >= 11 is 0. The number of rotatable bonds is 5. The molecule has 0 aliphatic carbocycles. The maximum absolute atomic E-state index is 12.0. The van der Waals surface area contributed by atoms with Crippen LogP contribution in [0.3, 0.4) is 0 Å². The highest BCUT2D eigenvalue weighted by Crippen LogP contribution is 2.31. The van der Waals surface area contributed by atoms with E-state index in [1.165, 1.54) is 4.90 Å². The molecule has 0 unspecified atom stereocenters. The predicted octanol–water partition coefficient (Wildman–Crippen LogP) is 3.50. The second-order valence-corrected chi connectivity index (χ2v) is 6.86. The summed E-state index contributed by atoms with van der Waals surface area (Å²) in [4.78, 5) is 27.4. The van der Waals surface area contributed by atoms with Crippen LogP contribution in [0.1, 0.15) is 19.4 Å². The van der Waals surface area contributed by atoms with Gasteiger partial charge in [-0.2, -0.15) is 5.26 Å². The maximum Gasteiger partial charge on any atom is 0.264 e. The van der Waals surface area contributed by atoms with Crippen LogP contribution in [0.2, 0.25) is 0 Å². The molecule has 0 aliphatic rings. The van der Waals surface area contributed by atoms with Crippen LogP contribution < -0.4 is 4.90 Å². The second-order valence-electron chi connectivity index (χ2n) is 6.86. The van der Waals surface area contributed by atoms with Crippen molar-refractivity contribution in [1.82, 2.24) is 19.9 Å². The highest BCUT2D eigenvalue weighted by atomic mass is 16.2. The van der Waals surface area contributed by atoms with E-state index in [9.17, 15) is 10.1 Å². The van der Waals surface area contributed by atoms with Crippen molar-refractivity contribution in [3.05, 3.63) is 54.0 Å². The van der Waals surface area contributed by atoms with Crippen molar-refractivity contribution < 1.29 is 4.79 Å². The number of benzene rings is 1. The number of hydrogen-bond donors (Lipinski definition) is 1. The Labute approximate surface area is 163 Å². The zero-order chi connectivity index (χ0) is 20.3. The lowest BCUT2D eigenvalue weighted by atomic mass is 10.1. The molecule has 142 valence electrons. The number of carbonyl (C=O) groups excluding carboxylic acids is 1. The van der Waals surface area contributed by atoms with Gasteiger partial charge in [-0.05, 0) is 43.7 Å². The van der Waals surface area contributed by atoms with Crippen LogP contribution in [-0.4, -0.2) is 45.9 Å². The molecule has 0 saturated heterocycles. The summed E-state index contributed by atoms with van der Waals surface area (Å²) in [5.74, 6) is 0.510. The van der Waals surface area contributed by atoms with Crippen molar-refractivity contribution in [2.75, 3.05) is 19.0 Å². The lowest BCUT2D eigenvalue weighted by Crippen LogP contribution is -2.26. The summed E-state index contributed by atoms with van der Waals surface area (Å²) < 4.78 is 0. The summed E-state index contributed by atoms with van der Waals surface area (Å²) in [6.45, 7) is 4.19. The summed E-state index contributed by atoms with van der Waals surface area (Å²) in [6, 6.07) is 11.8. The largest absolute Gasteiger partial charge is 0.346 e. The van der Waals surface area contributed by atoms with E-state index in [2.05, 4.69) is 33.7 Å². The molecule has 0 aliphatic heterocycles. The van der Waals surface area contributed by atoms with Gasteiger partial charge in [0.05, 0.1) is 5.39 Å². The highest BCUT2D eigenvalue weighted by molar-refractivity contribution is 6.01. The minimum absolute atomic E-state index is 0.100. The van der Waals surface area contributed by atoms with Gasteiger partial charge in [0.25, 0.3) is 5.91 Å². The quantitative estimate of drug-likeness (QED) is 0.545. The molecule has 1 aromatic carbocycles. The molecule has 0 spiro atoms. The van der Waals surface area contributed by atoms with Crippen LogP contribution in [0.4, 0.5) is 11.5 Å². The molecule has 7 nitrogen and oxygen atoms in total. The van der Waals surface area contributed by atoms with E-state index in [1.54, 1.807) is 26.5 Å². The average Bonchev–Trinajstić information content (AvgIpc) is 3.16. The lowest BCUT2D eigenvalue weighted by Gasteiger charge is -2.28. The van der Waals surface area contributed by atoms with Crippen LogP contribution in [0.25, 0.3) is 17.1 Å². The molecule has 3 aromatic rings. The van der Waals surface area contributed by atoms with Crippen molar-refractivity contribution in [2.45, 2.75) is 19.9 Å². The number of anilines is 2. The molecule has 0 fully saturated rings. The van der Waals surface area contributed by atoms with Gasteiger partial charge >= 0.3 is 0 Å². The van der Waals surface area contributed by atoms with E-state index in [0.29, 0.717) is 0 Å². The molecule has 7 heteroatoms. The van der Waals surface area contributed by atoms with Gasteiger partial charge < -0.3 is 14.8 Å². The monoisotopic (exact) mass is 374 g/mol. The van der Waals surface area contributed by atoms with Crippen molar-refractivity contribution in [1.29, 1.82) is 5.26 Å². The number of nitriles is 1. The Bertz CT molecular complexity index is 1060. The Balaban J connectivity index is 1.98. The molecular weight excluding hydrogens is 352 g/mol. The number of amides is 1. The SMILES string of the molecule is CC(C)N(c1ccc(/C=C(/C#N)C(=O)N(C)C)cc1)c1ncnc2[nH]ccc12. The third kappa shape index (κ3) is 3.71. The zero-order valence-corrected chi connectivity index (χ0v) is 16.3. The number of H-pyrrole nitrogens is 1. The summed E-state index contributed by atoms with van der Waals surface area (Å²) in [5.41, 5.74) is 2.64. The summed E-state index contributed by atoms with van der Waals surface area (Å²) in [5, 5.41) is 10.2.